The summed E-state index contributed by atoms with van der Waals surface area (Å²) in [4.78, 5) is 20.7. The number of carbonyl (C=O) groups is 1. The average molecular weight is 350 g/mol. The molecule has 5 nitrogen and oxygen atoms in total. The topological polar surface area (TPSA) is 64.1 Å². The molecule has 0 aliphatic rings. The van der Waals surface area contributed by atoms with E-state index in [-0.39, 0.29) is 0 Å². The summed E-state index contributed by atoms with van der Waals surface area (Å²) >= 11 is 3.46. The molecular formula is C15H16BrN3O2. The second kappa shape index (κ2) is 6.67. The van der Waals surface area contributed by atoms with E-state index in [2.05, 4.69) is 31.2 Å². The number of anilines is 1. The van der Waals surface area contributed by atoms with Gasteiger partial charge in [-0.25, -0.2) is 4.79 Å². The summed E-state index contributed by atoms with van der Waals surface area (Å²) in [5.74, 6) is -0.402. The highest BCUT2D eigenvalue weighted by Crippen LogP contribution is 2.30. The van der Waals surface area contributed by atoms with E-state index >= 15 is 0 Å². The first-order valence-electron chi connectivity index (χ1n) is 6.54. The molecule has 110 valence electrons. The van der Waals surface area contributed by atoms with E-state index in [0.717, 1.165) is 10.2 Å². The van der Waals surface area contributed by atoms with E-state index in [1.807, 2.05) is 24.3 Å². The fraction of sp³-hybridized carbons (Fsp3) is 0.267. The highest BCUT2D eigenvalue weighted by atomic mass is 79.9. The summed E-state index contributed by atoms with van der Waals surface area (Å²) in [5, 5.41) is 3.20. The molecule has 0 spiro atoms. The molecule has 0 saturated heterocycles. The lowest BCUT2D eigenvalue weighted by Crippen LogP contribution is -2.43. The van der Waals surface area contributed by atoms with Gasteiger partial charge in [0.1, 0.15) is 0 Å². The van der Waals surface area contributed by atoms with Crippen LogP contribution < -0.4 is 5.32 Å². The zero-order valence-electron chi connectivity index (χ0n) is 11.8. The van der Waals surface area contributed by atoms with Crippen LogP contribution in [0.15, 0.2) is 47.3 Å². The smallest absolute Gasteiger partial charge is 0.337 e. The summed E-state index contributed by atoms with van der Waals surface area (Å²) in [6.07, 6.45) is 4.67. The molecule has 21 heavy (non-hydrogen) atoms. The molecule has 0 aliphatic carbocycles. The molecular weight excluding hydrogens is 334 g/mol. The van der Waals surface area contributed by atoms with E-state index in [9.17, 15) is 4.79 Å². The molecule has 0 saturated carbocycles. The molecule has 2 rings (SSSR count). The number of aromatic nitrogens is 2. The van der Waals surface area contributed by atoms with Gasteiger partial charge in [-0.2, -0.15) is 0 Å². The minimum absolute atomic E-state index is 0.298. The highest BCUT2D eigenvalue weighted by molar-refractivity contribution is 9.10. The monoisotopic (exact) mass is 349 g/mol. The Balaban J connectivity index is 2.42. The summed E-state index contributed by atoms with van der Waals surface area (Å²) in [7, 11) is 0. The SMILES string of the molecule is CCOC(=O)C(C)(Nc1ccccc1Br)c1cnccn1. The molecule has 1 atom stereocenters. The first-order chi connectivity index (χ1) is 10.1. The van der Waals surface area contributed by atoms with E-state index in [4.69, 9.17) is 4.74 Å². The van der Waals surface area contributed by atoms with E-state index < -0.39 is 11.5 Å². The fourth-order valence-corrected chi connectivity index (χ4v) is 2.27. The Bertz CT molecular complexity index is 621. The number of esters is 1. The minimum Gasteiger partial charge on any atom is -0.464 e. The number of rotatable bonds is 5. The van der Waals surface area contributed by atoms with Crippen LogP contribution in [0.25, 0.3) is 0 Å². The van der Waals surface area contributed by atoms with E-state index in [0.29, 0.717) is 12.3 Å². The minimum atomic E-state index is -1.12. The highest BCUT2D eigenvalue weighted by Gasteiger charge is 2.39. The van der Waals surface area contributed by atoms with E-state index in [1.165, 1.54) is 0 Å². The Hall–Kier alpha value is -1.95. The van der Waals surface area contributed by atoms with Crippen molar-refractivity contribution in [3.8, 4) is 0 Å². The van der Waals surface area contributed by atoms with Crippen LogP contribution in [0.2, 0.25) is 0 Å². The van der Waals surface area contributed by atoms with Crippen LogP contribution in [-0.2, 0) is 15.1 Å². The zero-order valence-corrected chi connectivity index (χ0v) is 13.4. The number of para-hydroxylation sites is 1. The van der Waals surface area contributed by atoms with Gasteiger partial charge in [-0.15, -0.1) is 0 Å². The Kier molecular flexibility index (Phi) is 4.90. The van der Waals surface area contributed by atoms with Crippen molar-refractivity contribution in [3.05, 3.63) is 53.0 Å². The predicted molar refractivity (Wildman–Crippen MR) is 83.8 cm³/mol. The summed E-state index contributed by atoms with van der Waals surface area (Å²) in [6.45, 7) is 3.80. The molecule has 2 aromatic rings. The first kappa shape index (κ1) is 15.4. The Morgan fingerprint density at radius 1 is 1.38 bits per heavy atom. The number of nitrogens with zero attached hydrogens (tertiary/aromatic N) is 2. The largest absolute Gasteiger partial charge is 0.464 e. The summed E-state index contributed by atoms with van der Waals surface area (Å²) < 4.78 is 6.04. The van der Waals surface area contributed by atoms with Crippen LogP contribution in [0.1, 0.15) is 19.5 Å². The maximum Gasteiger partial charge on any atom is 0.337 e. The third-order valence-corrected chi connectivity index (χ3v) is 3.71. The van der Waals surface area contributed by atoms with Crippen molar-refractivity contribution in [1.29, 1.82) is 0 Å². The number of ether oxygens (including phenoxy) is 1. The van der Waals surface area contributed by atoms with Crippen molar-refractivity contribution in [2.24, 2.45) is 0 Å². The van der Waals surface area contributed by atoms with Gasteiger partial charge in [-0.05, 0) is 41.9 Å². The summed E-state index contributed by atoms with van der Waals surface area (Å²) in [6, 6.07) is 7.55. The maximum atomic E-state index is 12.4. The van der Waals surface area contributed by atoms with E-state index in [1.54, 1.807) is 32.4 Å². The van der Waals surface area contributed by atoms with Crippen LogP contribution in [0.3, 0.4) is 0 Å². The van der Waals surface area contributed by atoms with Crippen molar-refractivity contribution in [2.45, 2.75) is 19.4 Å². The lowest BCUT2D eigenvalue weighted by molar-refractivity contribution is -0.148. The fourth-order valence-electron chi connectivity index (χ4n) is 1.88. The van der Waals surface area contributed by atoms with Gasteiger partial charge in [-0.3, -0.25) is 9.97 Å². The van der Waals surface area contributed by atoms with Crippen molar-refractivity contribution >= 4 is 27.6 Å². The molecule has 1 aromatic carbocycles. The van der Waals surface area contributed by atoms with Crippen molar-refractivity contribution < 1.29 is 9.53 Å². The second-order valence-electron chi connectivity index (χ2n) is 4.54. The van der Waals surface area contributed by atoms with Gasteiger partial charge < -0.3 is 10.1 Å². The second-order valence-corrected chi connectivity index (χ2v) is 5.40. The molecule has 0 bridgehead atoms. The molecule has 6 heteroatoms. The molecule has 0 radical (unpaired) electrons. The van der Waals surface area contributed by atoms with Crippen molar-refractivity contribution in [1.82, 2.24) is 9.97 Å². The van der Waals surface area contributed by atoms with Crippen molar-refractivity contribution in [2.75, 3.05) is 11.9 Å². The lowest BCUT2D eigenvalue weighted by Gasteiger charge is -2.29. The average Bonchev–Trinajstić information content (AvgIpc) is 2.50. The summed E-state index contributed by atoms with van der Waals surface area (Å²) in [5.41, 5.74) is 0.159. The van der Waals surface area contributed by atoms with Crippen LogP contribution in [0.5, 0.6) is 0 Å². The third-order valence-electron chi connectivity index (χ3n) is 3.02. The van der Waals surface area contributed by atoms with Gasteiger partial charge in [0.05, 0.1) is 18.5 Å². The first-order valence-corrected chi connectivity index (χ1v) is 7.33. The predicted octanol–water partition coefficient (Wildman–Crippen LogP) is 3.13. The Morgan fingerprint density at radius 2 is 2.14 bits per heavy atom. The normalized spacial score (nSPS) is 13.3. The third kappa shape index (κ3) is 3.39. The molecule has 1 aromatic heterocycles. The van der Waals surface area contributed by atoms with Crippen LogP contribution >= 0.6 is 15.9 Å². The Morgan fingerprint density at radius 3 is 2.76 bits per heavy atom. The molecule has 1 N–H and O–H groups in total. The van der Waals surface area contributed by atoms with Gasteiger partial charge in [0.15, 0.2) is 5.54 Å². The lowest BCUT2D eigenvalue weighted by atomic mass is 9.97. The standard InChI is InChI=1S/C15H16BrN3O2/c1-3-21-14(20)15(2,13-10-17-8-9-18-13)19-12-7-5-4-6-11(12)16/h4-10,19H,3H2,1-2H3. The molecule has 1 unspecified atom stereocenters. The van der Waals surface area contributed by atoms with Gasteiger partial charge in [0, 0.05) is 22.6 Å². The van der Waals surface area contributed by atoms with Crippen LogP contribution in [-0.4, -0.2) is 22.5 Å². The number of halogens is 1. The quantitative estimate of drug-likeness (QED) is 0.840. The number of hydrogen-bond donors (Lipinski definition) is 1. The number of carbonyl (C=O) groups excluding carboxylic acids is 1. The molecule has 0 amide bonds. The van der Waals surface area contributed by atoms with Crippen LogP contribution in [0.4, 0.5) is 5.69 Å². The maximum absolute atomic E-state index is 12.4. The number of hydrogen-bond acceptors (Lipinski definition) is 5. The van der Waals surface area contributed by atoms with Gasteiger partial charge in [0.25, 0.3) is 0 Å². The van der Waals surface area contributed by atoms with Gasteiger partial charge >= 0.3 is 5.97 Å². The van der Waals surface area contributed by atoms with Crippen LogP contribution in [0, 0.1) is 0 Å². The zero-order chi connectivity index (χ0) is 15.3. The number of nitrogens with one attached hydrogen (secondary N) is 1. The van der Waals surface area contributed by atoms with Gasteiger partial charge in [-0.1, -0.05) is 12.1 Å². The number of benzene rings is 1. The van der Waals surface area contributed by atoms with Gasteiger partial charge in [0.2, 0.25) is 0 Å². The molecule has 0 aliphatic heterocycles. The molecule has 1 heterocycles. The van der Waals surface area contributed by atoms with Crippen molar-refractivity contribution in [3.63, 3.8) is 0 Å². The molecule has 0 fully saturated rings. The Labute approximate surface area is 131 Å².